The number of nitrogens with zero attached hydrogens (tertiary/aromatic N) is 2. The van der Waals surface area contributed by atoms with Gasteiger partial charge in [0, 0.05) is 32.8 Å². The number of aromatic nitrogens is 2. The Kier molecular flexibility index (Phi) is 5.54. The predicted molar refractivity (Wildman–Crippen MR) is 192 cm³/mol. The number of imidazole rings is 1. The van der Waals surface area contributed by atoms with E-state index < -0.39 is 0 Å². The van der Waals surface area contributed by atoms with Crippen molar-refractivity contribution < 1.29 is 8.83 Å². The molecule has 0 atom stereocenters. The number of hydrogen-bond acceptors (Lipinski definition) is 3. The molecule has 47 heavy (non-hydrogen) atoms. The molecular formula is C43H26N2O2. The molecule has 10 aromatic rings. The molecule has 3 aromatic heterocycles. The third-order valence-electron chi connectivity index (χ3n) is 9.21. The highest BCUT2D eigenvalue weighted by molar-refractivity contribution is 6.14. The summed E-state index contributed by atoms with van der Waals surface area (Å²) >= 11 is 0. The van der Waals surface area contributed by atoms with Gasteiger partial charge in [-0.15, -0.1) is 0 Å². The van der Waals surface area contributed by atoms with E-state index >= 15 is 0 Å². The Hall–Kier alpha value is -6.39. The smallest absolute Gasteiger partial charge is 0.145 e. The molecule has 0 fully saturated rings. The quantitative estimate of drug-likeness (QED) is 0.201. The Balaban J connectivity index is 1.14. The summed E-state index contributed by atoms with van der Waals surface area (Å²) in [5, 5.41) is 4.44. The third-order valence-corrected chi connectivity index (χ3v) is 9.21. The summed E-state index contributed by atoms with van der Waals surface area (Å²) in [6.45, 7) is 0. The van der Waals surface area contributed by atoms with Crippen molar-refractivity contribution in [1.29, 1.82) is 0 Å². The Morgan fingerprint density at radius 2 is 1.09 bits per heavy atom. The molecule has 0 radical (unpaired) electrons. The van der Waals surface area contributed by atoms with Gasteiger partial charge in [0.25, 0.3) is 0 Å². The molecule has 0 amide bonds. The zero-order valence-electron chi connectivity index (χ0n) is 25.2. The molecule has 0 N–H and O–H groups in total. The summed E-state index contributed by atoms with van der Waals surface area (Å²) in [6.07, 6.45) is 0. The molecule has 10 rings (SSSR count). The lowest BCUT2D eigenvalue weighted by Crippen LogP contribution is -1.97. The number of benzene rings is 7. The summed E-state index contributed by atoms with van der Waals surface area (Å²) in [5.74, 6) is 0.910. The maximum Gasteiger partial charge on any atom is 0.145 e. The molecule has 0 aliphatic rings. The van der Waals surface area contributed by atoms with Crippen LogP contribution < -0.4 is 0 Å². The van der Waals surface area contributed by atoms with Crippen LogP contribution in [-0.2, 0) is 0 Å². The topological polar surface area (TPSA) is 44.1 Å². The van der Waals surface area contributed by atoms with Gasteiger partial charge in [0.15, 0.2) is 0 Å². The summed E-state index contributed by atoms with van der Waals surface area (Å²) in [4.78, 5) is 5.12. The fraction of sp³-hybridized carbons (Fsp3) is 0. The minimum absolute atomic E-state index is 0.868. The Labute approximate surface area is 269 Å². The van der Waals surface area contributed by atoms with E-state index in [0.717, 1.165) is 94.2 Å². The van der Waals surface area contributed by atoms with Crippen LogP contribution in [0.5, 0.6) is 0 Å². The van der Waals surface area contributed by atoms with E-state index in [-0.39, 0.29) is 0 Å². The van der Waals surface area contributed by atoms with Crippen LogP contribution in [0.15, 0.2) is 167 Å². The largest absolute Gasteiger partial charge is 0.456 e. The van der Waals surface area contributed by atoms with Gasteiger partial charge in [-0.25, -0.2) is 4.98 Å². The van der Waals surface area contributed by atoms with Crippen LogP contribution in [-0.4, -0.2) is 9.55 Å². The normalized spacial score (nSPS) is 11.8. The zero-order chi connectivity index (χ0) is 30.9. The first-order chi connectivity index (χ1) is 23.3. The lowest BCUT2D eigenvalue weighted by Gasteiger charge is -2.11. The minimum atomic E-state index is 0.868. The average Bonchev–Trinajstić information content (AvgIpc) is 3.83. The van der Waals surface area contributed by atoms with Crippen molar-refractivity contribution in [2.45, 2.75) is 0 Å². The first-order valence-electron chi connectivity index (χ1n) is 15.8. The maximum absolute atomic E-state index is 6.42. The van der Waals surface area contributed by atoms with Crippen molar-refractivity contribution in [1.82, 2.24) is 9.55 Å². The summed E-state index contributed by atoms with van der Waals surface area (Å²) < 4.78 is 14.8. The van der Waals surface area contributed by atoms with Gasteiger partial charge in [-0.2, -0.15) is 0 Å². The maximum atomic E-state index is 6.42. The average molecular weight is 603 g/mol. The van der Waals surface area contributed by atoms with Crippen molar-refractivity contribution in [3.63, 3.8) is 0 Å². The monoisotopic (exact) mass is 602 g/mol. The summed E-state index contributed by atoms with van der Waals surface area (Å²) in [6, 6.07) is 54.9. The van der Waals surface area contributed by atoms with Crippen molar-refractivity contribution in [3.8, 4) is 39.3 Å². The van der Waals surface area contributed by atoms with Crippen LogP contribution in [0, 0.1) is 0 Å². The van der Waals surface area contributed by atoms with E-state index in [1.165, 1.54) is 0 Å². The number of hydrogen-bond donors (Lipinski definition) is 0. The lowest BCUT2D eigenvalue weighted by atomic mass is 9.96. The predicted octanol–water partition coefficient (Wildman–Crippen LogP) is 11.8. The molecular weight excluding hydrogens is 576 g/mol. The zero-order valence-corrected chi connectivity index (χ0v) is 25.2. The van der Waals surface area contributed by atoms with Gasteiger partial charge < -0.3 is 8.83 Å². The Bertz CT molecular complexity index is 2800. The minimum Gasteiger partial charge on any atom is -0.456 e. The lowest BCUT2D eigenvalue weighted by molar-refractivity contribution is 0.668. The number of fused-ring (bicyclic) bond motifs is 7. The fourth-order valence-corrected chi connectivity index (χ4v) is 7.04. The second-order valence-corrected chi connectivity index (χ2v) is 12.0. The second kappa shape index (κ2) is 10.1. The van der Waals surface area contributed by atoms with Crippen LogP contribution >= 0.6 is 0 Å². The highest BCUT2D eigenvalue weighted by Gasteiger charge is 2.18. The third kappa shape index (κ3) is 4.05. The van der Waals surface area contributed by atoms with E-state index in [9.17, 15) is 0 Å². The van der Waals surface area contributed by atoms with Crippen molar-refractivity contribution in [3.05, 3.63) is 158 Å². The summed E-state index contributed by atoms with van der Waals surface area (Å²) in [5.41, 5.74) is 12.2. The van der Waals surface area contributed by atoms with E-state index in [2.05, 4.69) is 138 Å². The SMILES string of the molecule is c1ccc(-n2c(-c3cccc(-c4cccc5oc6ccc(-c7ccc8oc9ccccc9c8c7)cc6c45)c3)nc3ccccc32)cc1. The highest BCUT2D eigenvalue weighted by atomic mass is 16.3. The van der Waals surface area contributed by atoms with Crippen LogP contribution in [0.2, 0.25) is 0 Å². The molecule has 0 bridgehead atoms. The Morgan fingerprint density at radius 1 is 0.426 bits per heavy atom. The van der Waals surface area contributed by atoms with Gasteiger partial charge in [0.2, 0.25) is 0 Å². The Morgan fingerprint density at radius 3 is 1.98 bits per heavy atom. The van der Waals surface area contributed by atoms with Crippen molar-refractivity contribution in [2.75, 3.05) is 0 Å². The first kappa shape index (κ1) is 25.9. The molecule has 4 heteroatoms. The molecule has 0 spiro atoms. The van der Waals surface area contributed by atoms with Gasteiger partial charge in [-0.3, -0.25) is 4.57 Å². The van der Waals surface area contributed by atoms with Gasteiger partial charge in [0.1, 0.15) is 28.2 Å². The standard InChI is InChI=1S/C43H26N2O2/c1-2-12-31(13-3-1)45-37-17-6-5-16-36(37)44-43(45)30-11-8-10-29(24-30)32-15-9-19-41-42(32)35-26-28(21-23-40(35)47-41)27-20-22-39-34(25-27)33-14-4-7-18-38(33)46-39/h1-26H. The molecule has 0 aliphatic carbocycles. The number of para-hydroxylation sites is 4. The van der Waals surface area contributed by atoms with Crippen LogP contribution in [0.1, 0.15) is 0 Å². The number of rotatable bonds is 4. The van der Waals surface area contributed by atoms with Crippen molar-refractivity contribution >= 4 is 54.9 Å². The first-order valence-corrected chi connectivity index (χ1v) is 15.8. The molecule has 0 saturated carbocycles. The van der Waals surface area contributed by atoms with Gasteiger partial charge in [-0.1, -0.05) is 91.0 Å². The molecule has 4 nitrogen and oxygen atoms in total. The van der Waals surface area contributed by atoms with Crippen molar-refractivity contribution in [2.24, 2.45) is 0 Å². The van der Waals surface area contributed by atoms with Crippen LogP contribution in [0.25, 0.3) is 94.2 Å². The summed E-state index contributed by atoms with van der Waals surface area (Å²) in [7, 11) is 0. The van der Waals surface area contributed by atoms with Crippen LogP contribution in [0.3, 0.4) is 0 Å². The van der Waals surface area contributed by atoms with Crippen LogP contribution in [0.4, 0.5) is 0 Å². The fourth-order valence-electron chi connectivity index (χ4n) is 7.04. The van der Waals surface area contributed by atoms with E-state index in [1.807, 2.05) is 24.3 Å². The number of furan rings is 2. The van der Waals surface area contributed by atoms with E-state index in [4.69, 9.17) is 13.8 Å². The molecule has 3 heterocycles. The molecule has 0 unspecified atom stereocenters. The van der Waals surface area contributed by atoms with E-state index in [0.29, 0.717) is 0 Å². The van der Waals surface area contributed by atoms with E-state index in [1.54, 1.807) is 0 Å². The second-order valence-electron chi connectivity index (χ2n) is 12.0. The van der Waals surface area contributed by atoms with Gasteiger partial charge in [0.05, 0.1) is 11.0 Å². The molecule has 0 aliphatic heterocycles. The molecule has 7 aromatic carbocycles. The molecule has 220 valence electrons. The van der Waals surface area contributed by atoms with Gasteiger partial charge in [-0.05, 0) is 89.0 Å². The van der Waals surface area contributed by atoms with Gasteiger partial charge >= 0.3 is 0 Å². The molecule has 0 saturated heterocycles. The highest BCUT2D eigenvalue weighted by Crippen LogP contribution is 2.40.